The fraction of sp³-hybridized carbons (Fsp3) is 0.130. The van der Waals surface area contributed by atoms with Crippen molar-refractivity contribution in [1.82, 2.24) is 10.1 Å². The number of benzene rings is 3. The van der Waals surface area contributed by atoms with Gasteiger partial charge in [-0.1, -0.05) is 65.7 Å². The van der Waals surface area contributed by atoms with Crippen molar-refractivity contribution < 1.29 is 8.42 Å². The normalized spacial score (nSPS) is 16.4. The Bertz CT molecular complexity index is 1250. The maximum atomic E-state index is 12.5. The van der Waals surface area contributed by atoms with Gasteiger partial charge in [-0.2, -0.15) is 13.5 Å². The molecular weight excluding hydrogens is 467 g/mol. The van der Waals surface area contributed by atoms with E-state index in [0.29, 0.717) is 16.6 Å². The Labute approximate surface area is 197 Å². The van der Waals surface area contributed by atoms with Crippen LogP contribution in [0.3, 0.4) is 0 Å². The number of hydrazone groups is 1. The summed E-state index contributed by atoms with van der Waals surface area (Å²) in [5.74, 6) is 0.00102. The molecule has 0 saturated carbocycles. The fourth-order valence-electron chi connectivity index (χ4n) is 3.37. The quantitative estimate of drug-likeness (QED) is 0.360. The highest BCUT2D eigenvalue weighted by Crippen LogP contribution is 2.29. The lowest BCUT2D eigenvalue weighted by Crippen LogP contribution is -2.34. The van der Waals surface area contributed by atoms with E-state index in [9.17, 15) is 8.42 Å². The van der Waals surface area contributed by atoms with Crippen molar-refractivity contribution >= 4 is 45.3 Å². The largest absolute Gasteiger partial charge is 0.283 e. The average Bonchev–Trinajstić information content (AvgIpc) is 3.24. The van der Waals surface area contributed by atoms with E-state index in [2.05, 4.69) is 16.5 Å². The summed E-state index contributed by atoms with van der Waals surface area (Å²) in [7, 11) is -2.15. The average molecular weight is 487 g/mol. The van der Waals surface area contributed by atoms with Crippen LogP contribution in [0.15, 0.2) is 93.3 Å². The number of nitrogens with zero attached hydrogens (tertiary/aromatic N) is 4. The number of halogens is 2. The second-order valence-electron chi connectivity index (χ2n) is 7.23. The third kappa shape index (κ3) is 4.96. The van der Waals surface area contributed by atoms with Gasteiger partial charge >= 0.3 is 0 Å². The zero-order chi connectivity index (χ0) is 22.7. The van der Waals surface area contributed by atoms with Crippen LogP contribution in [-0.4, -0.2) is 44.2 Å². The Morgan fingerprint density at radius 3 is 2.19 bits per heavy atom. The van der Waals surface area contributed by atoms with Gasteiger partial charge in [-0.05, 0) is 47.5 Å². The third-order valence-electron chi connectivity index (χ3n) is 5.07. The van der Waals surface area contributed by atoms with Gasteiger partial charge in [-0.25, -0.2) is 5.12 Å². The highest BCUT2D eigenvalue weighted by atomic mass is 35.5. The SMILES string of the molecule is CN(C=NS(=O)(=O)c1ccc(Cl)cc1)N1C[C@H](c2ccccc2)C(c2ccc(Cl)cc2)=N1. The van der Waals surface area contributed by atoms with Crippen molar-refractivity contribution in [3.8, 4) is 0 Å². The number of rotatable bonds is 6. The zero-order valence-corrected chi connectivity index (χ0v) is 19.5. The predicted molar refractivity (Wildman–Crippen MR) is 129 cm³/mol. The summed E-state index contributed by atoms with van der Waals surface area (Å²) in [6, 6.07) is 23.4. The second kappa shape index (κ2) is 9.32. The maximum absolute atomic E-state index is 12.5. The van der Waals surface area contributed by atoms with Crippen LogP contribution in [0.25, 0.3) is 0 Å². The van der Waals surface area contributed by atoms with Crippen molar-refractivity contribution in [1.29, 1.82) is 0 Å². The Balaban J connectivity index is 1.60. The smallest absolute Gasteiger partial charge is 0.261 e. The first-order valence-electron chi connectivity index (χ1n) is 9.79. The van der Waals surface area contributed by atoms with Crippen molar-refractivity contribution in [3.63, 3.8) is 0 Å². The highest BCUT2D eigenvalue weighted by molar-refractivity contribution is 7.90. The first-order valence-corrected chi connectivity index (χ1v) is 12.0. The van der Waals surface area contributed by atoms with Crippen LogP contribution in [0.1, 0.15) is 17.0 Å². The number of sulfonamides is 1. The Morgan fingerprint density at radius 2 is 1.56 bits per heavy atom. The maximum Gasteiger partial charge on any atom is 0.283 e. The molecule has 0 aromatic heterocycles. The molecule has 0 N–H and O–H groups in total. The molecule has 3 aromatic rings. The molecule has 1 aliphatic rings. The highest BCUT2D eigenvalue weighted by Gasteiger charge is 2.30. The summed E-state index contributed by atoms with van der Waals surface area (Å²) in [4.78, 5) is 0.0699. The second-order valence-corrected chi connectivity index (χ2v) is 9.74. The van der Waals surface area contributed by atoms with Gasteiger partial charge in [0.2, 0.25) is 0 Å². The van der Waals surface area contributed by atoms with E-state index in [1.807, 2.05) is 42.5 Å². The molecule has 0 bridgehead atoms. The lowest BCUT2D eigenvalue weighted by molar-refractivity contribution is 0.0920. The van der Waals surface area contributed by atoms with Crippen LogP contribution in [-0.2, 0) is 10.0 Å². The molecule has 6 nitrogen and oxygen atoms in total. The molecule has 0 amide bonds. The van der Waals surface area contributed by atoms with Crippen LogP contribution in [0.2, 0.25) is 10.0 Å². The molecule has 0 unspecified atom stereocenters. The van der Waals surface area contributed by atoms with Gasteiger partial charge < -0.3 is 0 Å². The van der Waals surface area contributed by atoms with Crippen molar-refractivity contribution in [3.05, 3.63) is 100 Å². The zero-order valence-electron chi connectivity index (χ0n) is 17.1. The third-order valence-corrected chi connectivity index (χ3v) is 6.81. The van der Waals surface area contributed by atoms with E-state index >= 15 is 0 Å². The van der Waals surface area contributed by atoms with Crippen LogP contribution in [0.4, 0.5) is 0 Å². The molecule has 1 heterocycles. The Kier molecular flexibility index (Phi) is 6.50. The van der Waals surface area contributed by atoms with Gasteiger partial charge in [-0.15, -0.1) is 4.40 Å². The first-order chi connectivity index (χ1) is 15.3. The molecule has 0 radical (unpaired) electrons. The molecule has 0 fully saturated rings. The van der Waals surface area contributed by atoms with E-state index in [1.165, 1.54) is 30.6 Å². The van der Waals surface area contributed by atoms with E-state index in [0.717, 1.165) is 16.8 Å². The van der Waals surface area contributed by atoms with Crippen LogP contribution >= 0.6 is 23.2 Å². The summed E-state index contributed by atoms with van der Waals surface area (Å²) in [5, 5.41) is 9.13. The minimum atomic E-state index is -3.86. The number of hydrogen-bond donors (Lipinski definition) is 0. The number of hydrogen-bond acceptors (Lipinski definition) is 4. The molecule has 3 aromatic carbocycles. The van der Waals surface area contributed by atoms with E-state index in [1.54, 1.807) is 17.2 Å². The lowest BCUT2D eigenvalue weighted by atomic mass is 9.91. The van der Waals surface area contributed by atoms with Gasteiger partial charge in [-0.3, -0.25) is 5.01 Å². The molecule has 1 aliphatic heterocycles. The molecule has 9 heteroatoms. The predicted octanol–water partition coefficient (Wildman–Crippen LogP) is 5.06. The summed E-state index contributed by atoms with van der Waals surface area (Å²) in [6.07, 6.45) is 1.25. The van der Waals surface area contributed by atoms with Gasteiger partial charge in [0.15, 0.2) is 0 Å². The first kappa shape index (κ1) is 22.3. The van der Waals surface area contributed by atoms with Gasteiger partial charge in [0.1, 0.15) is 6.34 Å². The molecule has 0 saturated heterocycles. The van der Waals surface area contributed by atoms with Crippen LogP contribution < -0.4 is 0 Å². The summed E-state index contributed by atoms with van der Waals surface area (Å²) in [6.45, 7) is 0.533. The standard InChI is InChI=1S/C23H20Cl2N4O2S/c1-28(16-26-32(30,31)21-13-11-20(25)12-14-21)29-15-22(17-5-3-2-4-6-17)23(27-29)18-7-9-19(24)10-8-18/h2-14,16,22H,15H2,1H3/t22-/m1/s1. The summed E-state index contributed by atoms with van der Waals surface area (Å²) >= 11 is 11.9. The number of hydrazine groups is 1. The van der Waals surface area contributed by atoms with Crippen molar-refractivity contribution in [2.75, 3.05) is 13.6 Å². The van der Waals surface area contributed by atoms with Crippen molar-refractivity contribution in [2.24, 2.45) is 9.50 Å². The van der Waals surface area contributed by atoms with E-state index in [-0.39, 0.29) is 10.8 Å². The minimum Gasteiger partial charge on any atom is -0.261 e. The van der Waals surface area contributed by atoms with E-state index < -0.39 is 10.0 Å². The van der Waals surface area contributed by atoms with Crippen LogP contribution in [0.5, 0.6) is 0 Å². The fourth-order valence-corrected chi connectivity index (χ4v) is 4.48. The molecular formula is C23H20Cl2N4O2S. The minimum absolute atomic E-state index is 0.00102. The van der Waals surface area contributed by atoms with Crippen molar-refractivity contribution in [2.45, 2.75) is 10.8 Å². The summed E-state index contributed by atoms with van der Waals surface area (Å²) in [5.41, 5.74) is 2.93. The molecule has 1 atom stereocenters. The lowest BCUT2D eigenvalue weighted by Gasteiger charge is -2.24. The Morgan fingerprint density at radius 1 is 0.969 bits per heavy atom. The van der Waals surface area contributed by atoms with Gasteiger partial charge in [0, 0.05) is 17.1 Å². The molecule has 32 heavy (non-hydrogen) atoms. The summed E-state index contributed by atoms with van der Waals surface area (Å²) < 4.78 is 28.9. The van der Waals surface area contributed by atoms with Crippen LogP contribution in [0, 0.1) is 0 Å². The molecule has 0 aliphatic carbocycles. The molecule has 0 spiro atoms. The van der Waals surface area contributed by atoms with Gasteiger partial charge in [0.05, 0.1) is 23.1 Å². The topological polar surface area (TPSA) is 65.3 Å². The monoisotopic (exact) mass is 486 g/mol. The molecule has 164 valence electrons. The Hall–Kier alpha value is -2.87. The van der Waals surface area contributed by atoms with Gasteiger partial charge in [0.25, 0.3) is 10.0 Å². The van der Waals surface area contributed by atoms with E-state index in [4.69, 9.17) is 28.3 Å². The molecule has 4 rings (SSSR count).